The molecule has 0 saturated heterocycles. The van der Waals surface area contributed by atoms with Gasteiger partial charge in [0.1, 0.15) is 5.82 Å². The van der Waals surface area contributed by atoms with Crippen molar-refractivity contribution >= 4 is 11.6 Å². The molecule has 100 valence electrons. The van der Waals surface area contributed by atoms with Crippen molar-refractivity contribution in [3.05, 3.63) is 64.2 Å². The minimum Gasteiger partial charge on any atom is -0.271 e. The summed E-state index contributed by atoms with van der Waals surface area (Å²) in [5, 5.41) is 0.143. The summed E-state index contributed by atoms with van der Waals surface area (Å²) in [6.45, 7) is 1.98. The van der Waals surface area contributed by atoms with Crippen LogP contribution in [0.25, 0.3) is 0 Å². The molecule has 0 amide bonds. The van der Waals surface area contributed by atoms with Crippen LogP contribution >= 0.6 is 11.6 Å². The first-order valence-electron chi connectivity index (χ1n) is 5.93. The van der Waals surface area contributed by atoms with Crippen molar-refractivity contribution < 1.29 is 4.39 Å². The number of benzene rings is 1. The molecule has 1 atom stereocenters. The van der Waals surface area contributed by atoms with Crippen LogP contribution in [0, 0.1) is 12.7 Å². The topological polar surface area (TPSA) is 50.9 Å². The van der Waals surface area contributed by atoms with Crippen molar-refractivity contribution in [1.29, 1.82) is 0 Å². The summed E-state index contributed by atoms with van der Waals surface area (Å²) in [5.74, 6) is 5.18. The molecule has 0 spiro atoms. The Morgan fingerprint density at radius 2 is 2.21 bits per heavy atom. The van der Waals surface area contributed by atoms with Gasteiger partial charge in [0.05, 0.1) is 11.1 Å². The van der Waals surface area contributed by atoms with Crippen molar-refractivity contribution in [2.24, 2.45) is 5.84 Å². The van der Waals surface area contributed by atoms with Gasteiger partial charge in [0, 0.05) is 12.4 Å². The highest BCUT2D eigenvalue weighted by molar-refractivity contribution is 6.31. The van der Waals surface area contributed by atoms with E-state index in [4.69, 9.17) is 17.4 Å². The third-order valence-corrected chi connectivity index (χ3v) is 3.54. The number of nitrogens with two attached hydrogens (primary N) is 1. The predicted molar refractivity (Wildman–Crippen MR) is 74.2 cm³/mol. The molecule has 0 aliphatic carbocycles. The summed E-state index contributed by atoms with van der Waals surface area (Å²) in [5.41, 5.74) is 5.50. The van der Waals surface area contributed by atoms with Crippen LogP contribution in [0.3, 0.4) is 0 Å². The monoisotopic (exact) mass is 279 g/mol. The summed E-state index contributed by atoms with van der Waals surface area (Å²) in [6, 6.07) is 6.52. The Labute approximate surface area is 116 Å². The number of aryl methyl sites for hydroxylation is 1. The van der Waals surface area contributed by atoms with Crippen LogP contribution in [0.2, 0.25) is 5.02 Å². The number of hydrogen-bond donors (Lipinski definition) is 2. The second-order valence-electron chi connectivity index (χ2n) is 4.37. The Morgan fingerprint density at radius 3 is 2.89 bits per heavy atom. The van der Waals surface area contributed by atoms with Crippen molar-refractivity contribution in [2.75, 3.05) is 0 Å². The highest BCUT2D eigenvalue weighted by Gasteiger charge is 2.16. The van der Waals surface area contributed by atoms with E-state index in [1.807, 2.05) is 13.0 Å². The summed E-state index contributed by atoms with van der Waals surface area (Å²) in [7, 11) is 0. The number of halogens is 2. The fourth-order valence-corrected chi connectivity index (χ4v) is 2.23. The van der Waals surface area contributed by atoms with E-state index in [0.717, 1.165) is 11.1 Å². The minimum atomic E-state index is -0.419. The average molecular weight is 280 g/mol. The summed E-state index contributed by atoms with van der Waals surface area (Å²) in [4.78, 5) is 4.09. The summed E-state index contributed by atoms with van der Waals surface area (Å²) >= 11 is 5.96. The first-order chi connectivity index (χ1) is 9.13. The summed E-state index contributed by atoms with van der Waals surface area (Å²) in [6.07, 6.45) is 3.98. The number of rotatable bonds is 4. The normalized spacial score (nSPS) is 12.4. The van der Waals surface area contributed by atoms with Gasteiger partial charge in [-0.05, 0) is 42.2 Å². The molecule has 0 aliphatic rings. The number of nitrogens with zero attached hydrogens (tertiary/aromatic N) is 1. The number of aromatic nitrogens is 1. The van der Waals surface area contributed by atoms with Crippen molar-refractivity contribution in [1.82, 2.24) is 10.4 Å². The van der Waals surface area contributed by atoms with Crippen LogP contribution in [0.15, 0.2) is 36.7 Å². The maximum atomic E-state index is 13.4. The molecular weight excluding hydrogens is 265 g/mol. The van der Waals surface area contributed by atoms with E-state index >= 15 is 0 Å². The second kappa shape index (κ2) is 6.10. The smallest absolute Gasteiger partial charge is 0.142 e. The van der Waals surface area contributed by atoms with E-state index in [2.05, 4.69) is 10.4 Å². The van der Waals surface area contributed by atoms with Gasteiger partial charge in [0.25, 0.3) is 0 Å². The highest BCUT2D eigenvalue weighted by Crippen LogP contribution is 2.26. The van der Waals surface area contributed by atoms with Crippen molar-refractivity contribution in [3.8, 4) is 0 Å². The zero-order valence-corrected chi connectivity index (χ0v) is 11.3. The lowest BCUT2D eigenvalue weighted by Crippen LogP contribution is -2.30. The molecule has 0 aliphatic heterocycles. The van der Waals surface area contributed by atoms with Crippen molar-refractivity contribution in [3.63, 3.8) is 0 Å². The van der Waals surface area contributed by atoms with Crippen molar-refractivity contribution in [2.45, 2.75) is 19.4 Å². The van der Waals surface area contributed by atoms with Gasteiger partial charge < -0.3 is 0 Å². The van der Waals surface area contributed by atoms with Gasteiger partial charge in [-0.15, -0.1) is 0 Å². The number of pyridine rings is 1. The standard InChI is InChI=1S/C14H15ClFN3/c1-9-5-6-18-8-11(9)13(19-17)7-10-3-2-4-12(16)14(10)15/h2-6,8,13,19H,7,17H2,1H3. The molecule has 2 aromatic rings. The third-order valence-electron chi connectivity index (χ3n) is 3.11. The Kier molecular flexibility index (Phi) is 4.47. The maximum Gasteiger partial charge on any atom is 0.142 e. The van der Waals surface area contributed by atoms with Crippen LogP contribution in [-0.4, -0.2) is 4.98 Å². The molecule has 0 radical (unpaired) electrons. The zero-order valence-electron chi connectivity index (χ0n) is 10.5. The molecule has 2 rings (SSSR count). The first kappa shape index (κ1) is 13.9. The molecule has 3 N–H and O–H groups in total. The Bertz CT molecular complexity index is 574. The van der Waals surface area contributed by atoms with Crippen LogP contribution in [-0.2, 0) is 6.42 Å². The lowest BCUT2D eigenvalue weighted by Gasteiger charge is -2.18. The molecule has 1 aromatic carbocycles. The van der Waals surface area contributed by atoms with Gasteiger partial charge >= 0.3 is 0 Å². The average Bonchev–Trinajstić information content (AvgIpc) is 2.41. The lowest BCUT2D eigenvalue weighted by molar-refractivity contribution is 0.544. The molecular formula is C14H15ClFN3. The predicted octanol–water partition coefficient (Wildman–Crippen LogP) is 2.93. The van der Waals surface area contributed by atoms with E-state index in [1.54, 1.807) is 24.5 Å². The third kappa shape index (κ3) is 3.10. The SMILES string of the molecule is Cc1ccncc1C(Cc1cccc(F)c1Cl)NN. The van der Waals surface area contributed by atoms with Crippen LogP contribution in [0.1, 0.15) is 22.7 Å². The number of hydrogen-bond acceptors (Lipinski definition) is 3. The largest absolute Gasteiger partial charge is 0.271 e. The van der Waals surface area contributed by atoms with Gasteiger partial charge in [-0.2, -0.15) is 0 Å². The molecule has 19 heavy (non-hydrogen) atoms. The molecule has 0 fully saturated rings. The molecule has 0 saturated carbocycles. The second-order valence-corrected chi connectivity index (χ2v) is 4.75. The molecule has 1 heterocycles. The fourth-order valence-electron chi connectivity index (χ4n) is 2.03. The van der Waals surface area contributed by atoms with E-state index in [-0.39, 0.29) is 11.1 Å². The van der Waals surface area contributed by atoms with Gasteiger partial charge in [0.2, 0.25) is 0 Å². The zero-order chi connectivity index (χ0) is 13.8. The number of hydrazine groups is 1. The first-order valence-corrected chi connectivity index (χ1v) is 6.30. The van der Waals surface area contributed by atoms with E-state index in [9.17, 15) is 4.39 Å². The Hall–Kier alpha value is -1.49. The van der Waals surface area contributed by atoms with Crippen LogP contribution in [0.5, 0.6) is 0 Å². The van der Waals surface area contributed by atoms with Gasteiger partial charge in [-0.1, -0.05) is 23.7 Å². The number of nitrogens with one attached hydrogen (secondary N) is 1. The highest BCUT2D eigenvalue weighted by atomic mass is 35.5. The van der Waals surface area contributed by atoms with E-state index in [0.29, 0.717) is 12.0 Å². The Morgan fingerprint density at radius 1 is 1.42 bits per heavy atom. The van der Waals surface area contributed by atoms with E-state index in [1.165, 1.54) is 6.07 Å². The Balaban J connectivity index is 2.30. The fraction of sp³-hybridized carbons (Fsp3) is 0.214. The maximum absolute atomic E-state index is 13.4. The van der Waals surface area contributed by atoms with Gasteiger partial charge in [0.15, 0.2) is 0 Å². The van der Waals surface area contributed by atoms with Crippen LogP contribution < -0.4 is 11.3 Å². The molecule has 5 heteroatoms. The van der Waals surface area contributed by atoms with Crippen LogP contribution in [0.4, 0.5) is 4.39 Å². The molecule has 1 aromatic heterocycles. The minimum absolute atomic E-state index is 0.143. The molecule has 1 unspecified atom stereocenters. The molecule has 0 bridgehead atoms. The lowest BCUT2D eigenvalue weighted by atomic mass is 9.97. The van der Waals surface area contributed by atoms with Gasteiger partial charge in [-0.25, -0.2) is 4.39 Å². The molecule has 3 nitrogen and oxygen atoms in total. The van der Waals surface area contributed by atoms with E-state index < -0.39 is 5.82 Å². The van der Waals surface area contributed by atoms with Gasteiger partial charge in [-0.3, -0.25) is 16.3 Å². The summed E-state index contributed by atoms with van der Waals surface area (Å²) < 4.78 is 13.4. The quantitative estimate of drug-likeness (QED) is 0.668.